The lowest BCUT2D eigenvalue weighted by Crippen LogP contribution is -2.22. The third-order valence-electron chi connectivity index (χ3n) is 6.37. The Kier molecular flexibility index (Phi) is 4.92. The summed E-state index contributed by atoms with van der Waals surface area (Å²) in [6.45, 7) is 0. The quantitative estimate of drug-likeness (QED) is 0.322. The zero-order chi connectivity index (χ0) is 25.2. The second-order valence-corrected chi connectivity index (χ2v) is 8.97. The van der Waals surface area contributed by atoms with E-state index in [0.29, 0.717) is 5.56 Å². The molecule has 182 valence electrons. The Labute approximate surface area is 201 Å². The number of rotatable bonds is 6. The molecule has 36 heavy (non-hydrogen) atoms. The van der Waals surface area contributed by atoms with Gasteiger partial charge in [0.05, 0.1) is 22.2 Å². The van der Waals surface area contributed by atoms with E-state index in [1.165, 1.54) is 41.2 Å². The van der Waals surface area contributed by atoms with Crippen LogP contribution in [0.2, 0.25) is 0 Å². The van der Waals surface area contributed by atoms with Crippen LogP contribution in [0.3, 0.4) is 0 Å². The highest BCUT2D eigenvalue weighted by molar-refractivity contribution is 5.85. The average Bonchev–Trinajstić information content (AvgIpc) is 3.49. The van der Waals surface area contributed by atoms with Crippen molar-refractivity contribution in [3.8, 4) is 11.3 Å². The van der Waals surface area contributed by atoms with Crippen molar-refractivity contribution in [1.82, 2.24) is 29.6 Å². The van der Waals surface area contributed by atoms with Crippen LogP contribution in [0.4, 0.5) is 17.6 Å². The zero-order valence-electron chi connectivity index (χ0n) is 18.9. The minimum atomic E-state index is -3.88. The van der Waals surface area contributed by atoms with E-state index in [1.807, 2.05) is 0 Å². The number of fused-ring (bicyclic) bond motifs is 2. The molecule has 1 fully saturated rings. The van der Waals surface area contributed by atoms with Crippen molar-refractivity contribution in [3.05, 3.63) is 77.2 Å². The fraction of sp³-hybridized carbons (Fsp3) is 0.240. The molecule has 1 saturated carbocycles. The Morgan fingerprint density at radius 2 is 1.86 bits per heavy atom. The first kappa shape index (κ1) is 22.3. The summed E-state index contributed by atoms with van der Waals surface area (Å²) in [4.78, 5) is 12.0. The third kappa shape index (κ3) is 3.62. The van der Waals surface area contributed by atoms with Gasteiger partial charge in [-0.05, 0) is 48.7 Å². The van der Waals surface area contributed by atoms with Gasteiger partial charge >= 0.3 is 5.92 Å². The van der Waals surface area contributed by atoms with E-state index in [-0.39, 0.29) is 45.9 Å². The Hall–Kier alpha value is -4.15. The number of alkyl halides is 2. The lowest BCUT2D eigenvalue weighted by Gasteiger charge is -2.15. The van der Waals surface area contributed by atoms with Crippen molar-refractivity contribution in [2.75, 3.05) is 0 Å². The molecular weight excluding hydrogens is 476 g/mol. The first-order valence-electron chi connectivity index (χ1n) is 11.3. The molecule has 0 amide bonds. The third-order valence-corrected chi connectivity index (χ3v) is 6.37. The van der Waals surface area contributed by atoms with Gasteiger partial charge in [0.15, 0.2) is 5.65 Å². The Morgan fingerprint density at radius 1 is 1.06 bits per heavy atom. The fourth-order valence-electron chi connectivity index (χ4n) is 4.27. The molecule has 1 aliphatic rings. The summed E-state index contributed by atoms with van der Waals surface area (Å²) in [5, 5.41) is 15.5. The van der Waals surface area contributed by atoms with Gasteiger partial charge in [-0.2, -0.15) is 23.5 Å². The predicted molar refractivity (Wildman–Crippen MR) is 121 cm³/mol. The second-order valence-electron chi connectivity index (χ2n) is 8.97. The van der Waals surface area contributed by atoms with E-state index in [2.05, 4.69) is 20.4 Å². The van der Waals surface area contributed by atoms with E-state index in [0.717, 1.165) is 23.4 Å². The maximum absolute atomic E-state index is 15.6. The van der Waals surface area contributed by atoms with Crippen LogP contribution in [0.5, 0.6) is 0 Å². The highest BCUT2D eigenvalue weighted by atomic mass is 19.3. The summed E-state index contributed by atoms with van der Waals surface area (Å²) < 4.78 is 63.1. The number of ketones is 1. The Bertz CT molecular complexity index is 1670. The molecule has 0 spiro atoms. The Morgan fingerprint density at radius 3 is 2.61 bits per heavy atom. The molecule has 0 unspecified atom stereocenters. The average molecular weight is 494 g/mol. The molecule has 2 aromatic carbocycles. The standard InChI is InChI=1S/C25H18F4N6O/c1-34-12-16-20(32-34)7-6-17(23(16)27)25(28,29)24-31-30-22-9-8-19(33-35(22)24)15-5-4-14(18(26)10-15)11-21(36)13-2-3-13/h4-10,12-13H,2-3,11H2,1H3. The molecule has 7 nitrogen and oxygen atoms in total. The summed E-state index contributed by atoms with van der Waals surface area (Å²) in [7, 11) is 1.56. The number of nitrogens with zero attached hydrogens (tertiary/aromatic N) is 6. The molecule has 5 aromatic rings. The van der Waals surface area contributed by atoms with Crippen molar-refractivity contribution in [1.29, 1.82) is 0 Å². The molecule has 3 heterocycles. The SMILES string of the molecule is Cn1cc2c(F)c(C(F)(F)c3nnc4ccc(-c5ccc(CC(=O)C6CC6)c(F)c5)nn34)ccc2n1. The summed E-state index contributed by atoms with van der Waals surface area (Å²) in [6, 6.07) is 9.47. The van der Waals surface area contributed by atoms with Gasteiger partial charge in [0.1, 0.15) is 17.4 Å². The van der Waals surface area contributed by atoms with E-state index in [4.69, 9.17) is 0 Å². The highest BCUT2D eigenvalue weighted by Gasteiger charge is 2.43. The predicted octanol–water partition coefficient (Wildman–Crippen LogP) is 4.62. The summed E-state index contributed by atoms with van der Waals surface area (Å²) in [5.74, 6) is -6.42. The number of Topliss-reactive ketones (excluding diaryl/α,β-unsaturated/α-hetero) is 1. The molecule has 6 rings (SSSR count). The van der Waals surface area contributed by atoms with Crippen molar-refractivity contribution in [3.63, 3.8) is 0 Å². The van der Waals surface area contributed by atoms with Gasteiger partial charge in [-0.15, -0.1) is 10.2 Å². The van der Waals surface area contributed by atoms with E-state index in [1.54, 1.807) is 13.1 Å². The maximum atomic E-state index is 15.6. The minimum Gasteiger partial charge on any atom is -0.299 e. The lowest BCUT2D eigenvalue weighted by atomic mass is 10.0. The van der Waals surface area contributed by atoms with Crippen LogP contribution in [-0.2, 0) is 24.2 Å². The number of hydrogen-bond donors (Lipinski definition) is 0. The van der Waals surface area contributed by atoms with Crippen LogP contribution in [0.25, 0.3) is 27.8 Å². The molecule has 0 radical (unpaired) electrons. The second kappa shape index (κ2) is 7.94. The lowest BCUT2D eigenvalue weighted by molar-refractivity contribution is -0.119. The molecule has 3 aromatic heterocycles. The van der Waals surface area contributed by atoms with Gasteiger partial charge in [-0.25, -0.2) is 8.78 Å². The molecule has 11 heteroatoms. The van der Waals surface area contributed by atoms with Gasteiger partial charge in [0.2, 0.25) is 5.82 Å². The largest absolute Gasteiger partial charge is 0.336 e. The van der Waals surface area contributed by atoms with Crippen LogP contribution in [0.1, 0.15) is 29.8 Å². The number of aryl methyl sites for hydroxylation is 1. The summed E-state index contributed by atoms with van der Waals surface area (Å²) in [6.07, 6.45) is 3.01. The van der Waals surface area contributed by atoms with Gasteiger partial charge in [0, 0.05) is 31.1 Å². The van der Waals surface area contributed by atoms with Crippen molar-refractivity contribution in [2.24, 2.45) is 13.0 Å². The smallest absolute Gasteiger partial charge is 0.299 e. The molecular formula is C25H18F4N6O. The van der Waals surface area contributed by atoms with E-state index in [9.17, 15) is 9.18 Å². The summed E-state index contributed by atoms with van der Waals surface area (Å²) >= 11 is 0. The van der Waals surface area contributed by atoms with Gasteiger partial charge in [-0.3, -0.25) is 9.48 Å². The van der Waals surface area contributed by atoms with Crippen molar-refractivity contribution in [2.45, 2.75) is 25.2 Å². The Balaban J connectivity index is 1.39. The van der Waals surface area contributed by atoms with Crippen LogP contribution < -0.4 is 0 Å². The molecule has 0 saturated heterocycles. The van der Waals surface area contributed by atoms with Crippen molar-refractivity contribution < 1.29 is 22.4 Å². The molecule has 0 aliphatic heterocycles. The minimum absolute atomic E-state index is 0.00858. The number of benzene rings is 2. The van der Waals surface area contributed by atoms with Gasteiger partial charge in [0.25, 0.3) is 0 Å². The number of hydrogen-bond acceptors (Lipinski definition) is 5. The van der Waals surface area contributed by atoms with Gasteiger partial charge in [-0.1, -0.05) is 12.1 Å². The first-order chi connectivity index (χ1) is 17.2. The molecule has 1 aliphatic carbocycles. The van der Waals surface area contributed by atoms with Crippen LogP contribution in [0.15, 0.2) is 48.7 Å². The first-order valence-corrected chi connectivity index (χ1v) is 11.3. The number of carbonyl (C=O) groups excluding carboxylic acids is 1. The van der Waals surface area contributed by atoms with E-state index >= 15 is 13.2 Å². The highest BCUT2D eigenvalue weighted by Crippen LogP contribution is 2.38. The van der Waals surface area contributed by atoms with Crippen LogP contribution >= 0.6 is 0 Å². The van der Waals surface area contributed by atoms with Gasteiger partial charge < -0.3 is 0 Å². The molecule has 0 N–H and O–H groups in total. The monoisotopic (exact) mass is 494 g/mol. The summed E-state index contributed by atoms with van der Waals surface area (Å²) in [5.41, 5.74) is 0.146. The zero-order valence-corrected chi connectivity index (χ0v) is 18.9. The number of carbonyl (C=O) groups is 1. The molecule has 0 bridgehead atoms. The number of halogens is 4. The topological polar surface area (TPSA) is 78.0 Å². The fourth-order valence-corrected chi connectivity index (χ4v) is 4.27. The van der Waals surface area contributed by atoms with Crippen molar-refractivity contribution >= 4 is 22.3 Å². The van der Waals surface area contributed by atoms with E-state index < -0.39 is 28.9 Å². The normalized spacial score (nSPS) is 14.1. The van der Waals surface area contributed by atoms with Crippen LogP contribution in [0, 0.1) is 17.6 Å². The molecule has 0 atom stereocenters. The number of aromatic nitrogens is 6. The van der Waals surface area contributed by atoms with Crippen LogP contribution in [-0.4, -0.2) is 35.4 Å². The maximum Gasteiger partial charge on any atom is 0.336 e.